The Kier molecular flexibility index (Phi) is 7.57. The molecule has 0 saturated carbocycles. The van der Waals surface area contributed by atoms with Gasteiger partial charge in [-0.3, -0.25) is 4.79 Å². The Morgan fingerprint density at radius 2 is 1.90 bits per heavy atom. The van der Waals surface area contributed by atoms with E-state index in [1.54, 1.807) is 7.05 Å². The molecule has 0 saturated heterocycles. The maximum absolute atomic E-state index is 11.8. The number of hydrogen-bond acceptors (Lipinski definition) is 4. The SMILES string of the molecule is CCC(NCC(C)CN(C)C(=O)OC(C)(C)C)C(=O)O. The van der Waals surface area contributed by atoms with Gasteiger partial charge in [-0.05, 0) is 33.1 Å². The zero-order valence-electron chi connectivity index (χ0n) is 13.4. The Bertz CT molecular complexity index is 326. The van der Waals surface area contributed by atoms with E-state index in [4.69, 9.17) is 9.84 Å². The van der Waals surface area contributed by atoms with Crippen LogP contribution in [0.4, 0.5) is 4.79 Å². The Hall–Kier alpha value is -1.30. The molecule has 0 spiro atoms. The molecule has 0 heterocycles. The first kappa shape index (κ1) is 18.7. The van der Waals surface area contributed by atoms with Crippen molar-refractivity contribution >= 4 is 12.1 Å². The summed E-state index contributed by atoms with van der Waals surface area (Å²) in [6.07, 6.45) is 0.166. The highest BCUT2D eigenvalue weighted by Crippen LogP contribution is 2.10. The summed E-state index contributed by atoms with van der Waals surface area (Å²) in [5.41, 5.74) is -0.510. The van der Waals surface area contributed by atoms with Crippen LogP contribution in [0.25, 0.3) is 0 Å². The number of ether oxygens (including phenoxy) is 1. The Labute approximate surface area is 121 Å². The number of carboxylic acids is 1. The van der Waals surface area contributed by atoms with Gasteiger partial charge in [0.2, 0.25) is 0 Å². The minimum absolute atomic E-state index is 0.140. The average molecular weight is 288 g/mol. The largest absolute Gasteiger partial charge is 0.480 e. The molecule has 2 N–H and O–H groups in total. The van der Waals surface area contributed by atoms with Crippen LogP contribution in [-0.2, 0) is 9.53 Å². The van der Waals surface area contributed by atoms with E-state index < -0.39 is 17.6 Å². The number of amides is 1. The van der Waals surface area contributed by atoms with Crippen LogP contribution < -0.4 is 5.32 Å². The van der Waals surface area contributed by atoms with Gasteiger partial charge in [0, 0.05) is 20.1 Å². The lowest BCUT2D eigenvalue weighted by molar-refractivity contribution is -0.139. The number of aliphatic carboxylic acids is 1. The molecule has 0 rings (SSSR count). The third kappa shape index (κ3) is 7.99. The van der Waals surface area contributed by atoms with Crippen molar-refractivity contribution < 1.29 is 19.4 Å². The maximum Gasteiger partial charge on any atom is 0.410 e. The first-order valence-electron chi connectivity index (χ1n) is 6.97. The molecule has 0 fully saturated rings. The molecule has 0 aliphatic rings. The van der Waals surface area contributed by atoms with Crippen molar-refractivity contribution in [2.45, 2.75) is 52.7 Å². The molecule has 0 aliphatic carbocycles. The van der Waals surface area contributed by atoms with Crippen molar-refractivity contribution in [3.8, 4) is 0 Å². The Balaban J connectivity index is 4.16. The second kappa shape index (κ2) is 8.09. The second-order valence-corrected chi connectivity index (χ2v) is 6.17. The summed E-state index contributed by atoms with van der Waals surface area (Å²) in [5.74, 6) is -0.707. The summed E-state index contributed by atoms with van der Waals surface area (Å²) < 4.78 is 5.26. The molecule has 6 nitrogen and oxygen atoms in total. The standard InChI is InChI=1S/C14H28N2O4/c1-7-11(12(17)18)15-8-10(2)9-16(6)13(19)20-14(3,4)5/h10-11,15H,7-9H2,1-6H3,(H,17,18). The van der Waals surface area contributed by atoms with E-state index in [9.17, 15) is 9.59 Å². The van der Waals surface area contributed by atoms with Gasteiger partial charge in [0.05, 0.1) is 0 Å². The molecule has 6 heteroatoms. The third-order valence-electron chi connectivity index (χ3n) is 2.71. The van der Waals surface area contributed by atoms with Gasteiger partial charge in [-0.15, -0.1) is 0 Å². The summed E-state index contributed by atoms with van der Waals surface area (Å²) in [7, 11) is 1.68. The molecule has 20 heavy (non-hydrogen) atoms. The molecule has 0 aromatic carbocycles. The molecule has 0 radical (unpaired) electrons. The van der Waals surface area contributed by atoms with Gasteiger partial charge in [0.15, 0.2) is 0 Å². The van der Waals surface area contributed by atoms with Crippen LogP contribution in [0.15, 0.2) is 0 Å². The van der Waals surface area contributed by atoms with Crippen LogP contribution in [0.5, 0.6) is 0 Å². The van der Waals surface area contributed by atoms with Crippen LogP contribution in [0.2, 0.25) is 0 Å². The molecule has 0 bridgehead atoms. The maximum atomic E-state index is 11.8. The van der Waals surface area contributed by atoms with Crippen molar-refractivity contribution in [1.29, 1.82) is 0 Å². The first-order valence-corrected chi connectivity index (χ1v) is 6.97. The lowest BCUT2D eigenvalue weighted by atomic mass is 10.1. The monoisotopic (exact) mass is 288 g/mol. The number of nitrogens with one attached hydrogen (secondary N) is 1. The van der Waals surface area contributed by atoms with E-state index in [-0.39, 0.29) is 12.0 Å². The minimum atomic E-state index is -0.847. The highest BCUT2D eigenvalue weighted by molar-refractivity contribution is 5.73. The van der Waals surface area contributed by atoms with Gasteiger partial charge in [0.1, 0.15) is 11.6 Å². The number of rotatable bonds is 7. The normalized spacial score (nSPS) is 14.5. The zero-order chi connectivity index (χ0) is 15.9. The van der Waals surface area contributed by atoms with Gasteiger partial charge in [0.25, 0.3) is 0 Å². The van der Waals surface area contributed by atoms with E-state index >= 15 is 0 Å². The fourth-order valence-electron chi connectivity index (χ4n) is 1.70. The van der Waals surface area contributed by atoms with Crippen molar-refractivity contribution in [1.82, 2.24) is 10.2 Å². The van der Waals surface area contributed by atoms with Crippen LogP contribution in [0.3, 0.4) is 0 Å². The number of nitrogens with zero attached hydrogens (tertiary/aromatic N) is 1. The number of carbonyl (C=O) groups is 2. The molecule has 118 valence electrons. The van der Waals surface area contributed by atoms with Crippen LogP contribution in [0, 0.1) is 5.92 Å². The van der Waals surface area contributed by atoms with E-state index in [2.05, 4.69) is 5.32 Å². The third-order valence-corrected chi connectivity index (χ3v) is 2.71. The van der Waals surface area contributed by atoms with Crippen LogP contribution >= 0.6 is 0 Å². The van der Waals surface area contributed by atoms with E-state index in [1.165, 1.54) is 4.90 Å². The lowest BCUT2D eigenvalue weighted by Gasteiger charge is -2.27. The lowest BCUT2D eigenvalue weighted by Crippen LogP contribution is -2.42. The summed E-state index contributed by atoms with van der Waals surface area (Å²) in [6, 6.07) is -0.538. The van der Waals surface area contributed by atoms with Crippen molar-refractivity contribution in [2.75, 3.05) is 20.1 Å². The fourth-order valence-corrected chi connectivity index (χ4v) is 1.70. The highest BCUT2D eigenvalue weighted by atomic mass is 16.6. The molecule has 0 aromatic heterocycles. The van der Waals surface area contributed by atoms with Gasteiger partial charge >= 0.3 is 12.1 Å². The van der Waals surface area contributed by atoms with Crippen molar-refractivity contribution in [2.24, 2.45) is 5.92 Å². The van der Waals surface area contributed by atoms with E-state index in [1.807, 2.05) is 34.6 Å². The molecule has 2 atom stereocenters. The molecular weight excluding hydrogens is 260 g/mol. The second-order valence-electron chi connectivity index (χ2n) is 6.17. The average Bonchev–Trinajstić information content (AvgIpc) is 2.26. The quantitative estimate of drug-likeness (QED) is 0.748. The summed E-state index contributed by atoms with van der Waals surface area (Å²) >= 11 is 0. The topological polar surface area (TPSA) is 78.9 Å². The Morgan fingerprint density at radius 1 is 1.35 bits per heavy atom. The van der Waals surface area contributed by atoms with Crippen LogP contribution in [-0.4, -0.2) is 53.8 Å². The summed E-state index contributed by atoms with van der Waals surface area (Å²) in [4.78, 5) is 24.2. The van der Waals surface area contributed by atoms with Gasteiger partial charge in [-0.1, -0.05) is 13.8 Å². The molecule has 1 amide bonds. The molecular formula is C14H28N2O4. The molecule has 0 aliphatic heterocycles. The predicted molar refractivity (Wildman–Crippen MR) is 77.7 cm³/mol. The predicted octanol–water partition coefficient (Wildman–Crippen LogP) is 1.94. The number of hydrogen-bond donors (Lipinski definition) is 2. The van der Waals surface area contributed by atoms with Gasteiger partial charge in [-0.25, -0.2) is 4.79 Å². The smallest absolute Gasteiger partial charge is 0.410 e. The van der Waals surface area contributed by atoms with Gasteiger partial charge < -0.3 is 20.1 Å². The van der Waals surface area contributed by atoms with Crippen molar-refractivity contribution in [3.63, 3.8) is 0 Å². The number of carbonyl (C=O) groups excluding carboxylic acids is 1. The van der Waals surface area contributed by atoms with Crippen LogP contribution in [0.1, 0.15) is 41.0 Å². The minimum Gasteiger partial charge on any atom is -0.480 e. The Morgan fingerprint density at radius 3 is 2.30 bits per heavy atom. The summed E-state index contributed by atoms with van der Waals surface area (Å²) in [6.45, 7) is 10.3. The highest BCUT2D eigenvalue weighted by Gasteiger charge is 2.21. The first-order chi connectivity index (χ1) is 9.06. The van der Waals surface area contributed by atoms with E-state index in [0.29, 0.717) is 19.5 Å². The molecule has 0 aromatic rings. The summed E-state index contributed by atoms with van der Waals surface area (Å²) in [5, 5.41) is 11.9. The van der Waals surface area contributed by atoms with Crippen molar-refractivity contribution in [3.05, 3.63) is 0 Å². The van der Waals surface area contributed by atoms with E-state index in [0.717, 1.165) is 0 Å². The fraction of sp³-hybridized carbons (Fsp3) is 0.857. The van der Waals surface area contributed by atoms with Gasteiger partial charge in [-0.2, -0.15) is 0 Å². The molecule has 2 unspecified atom stereocenters. The number of carboxylic acid groups (broad SMARTS) is 1. The zero-order valence-corrected chi connectivity index (χ0v) is 13.4.